The van der Waals surface area contributed by atoms with Gasteiger partial charge in [-0.25, -0.2) is 0 Å². The Balaban J connectivity index is 2.74. The van der Waals surface area contributed by atoms with Crippen LogP contribution in [0.4, 0.5) is 0 Å². The first-order valence-corrected chi connectivity index (χ1v) is 6.07. The van der Waals surface area contributed by atoms with Crippen LogP contribution in [0.15, 0.2) is 24.3 Å². The van der Waals surface area contributed by atoms with E-state index in [2.05, 4.69) is 25.2 Å². The van der Waals surface area contributed by atoms with Crippen molar-refractivity contribution in [2.45, 2.75) is 32.2 Å². The van der Waals surface area contributed by atoms with Crippen LogP contribution < -0.4 is 15.8 Å². The lowest BCUT2D eigenvalue weighted by molar-refractivity contribution is 0.384. The molecule has 0 heterocycles. The Hall–Kier alpha value is -1.06. The predicted molar refractivity (Wildman–Crippen MR) is 72.5 cm³/mol. The van der Waals surface area contributed by atoms with Gasteiger partial charge >= 0.3 is 0 Å². The van der Waals surface area contributed by atoms with E-state index < -0.39 is 0 Å². The highest BCUT2D eigenvalue weighted by molar-refractivity contribution is 5.39. The summed E-state index contributed by atoms with van der Waals surface area (Å²) in [6.45, 7) is 8.13. The second-order valence-corrected chi connectivity index (χ2v) is 5.19. The molecule has 0 aliphatic carbocycles. The maximum atomic E-state index is 5.73. The van der Waals surface area contributed by atoms with Gasteiger partial charge in [0, 0.05) is 30.1 Å². The third-order valence-corrected chi connectivity index (χ3v) is 2.87. The number of benzene rings is 1. The van der Waals surface area contributed by atoms with E-state index in [9.17, 15) is 0 Å². The highest BCUT2D eigenvalue weighted by Gasteiger charge is 2.23. The lowest BCUT2D eigenvalue weighted by Gasteiger charge is -2.28. The van der Waals surface area contributed by atoms with E-state index in [1.165, 1.54) is 5.56 Å². The highest BCUT2D eigenvalue weighted by Crippen LogP contribution is 2.30. The van der Waals surface area contributed by atoms with Crippen LogP contribution >= 0.6 is 0 Å². The molecule has 3 N–H and O–H groups in total. The number of nitrogens with two attached hydrogens (primary N) is 1. The fraction of sp³-hybridized carbons (Fsp3) is 0.571. The van der Waals surface area contributed by atoms with Crippen molar-refractivity contribution >= 4 is 0 Å². The van der Waals surface area contributed by atoms with Gasteiger partial charge in [-0.1, -0.05) is 32.0 Å². The van der Waals surface area contributed by atoms with Gasteiger partial charge in [0.2, 0.25) is 0 Å². The summed E-state index contributed by atoms with van der Waals surface area (Å²) >= 11 is 0. The first-order chi connectivity index (χ1) is 7.97. The molecule has 0 amide bonds. The van der Waals surface area contributed by atoms with E-state index in [0.29, 0.717) is 0 Å². The first kappa shape index (κ1) is 14.0. The molecule has 0 saturated heterocycles. The number of para-hydroxylation sites is 1. The summed E-state index contributed by atoms with van der Waals surface area (Å²) < 4.78 is 5.41. The standard InChI is InChI=1S/C14H24N2O/c1-11(15)9-16-10-14(2,3)12-7-5-6-8-13(12)17-4/h5-8,11,16H,9-10,15H2,1-4H3. The molecule has 1 unspecified atom stereocenters. The molecule has 0 fully saturated rings. The summed E-state index contributed by atoms with van der Waals surface area (Å²) in [4.78, 5) is 0. The van der Waals surface area contributed by atoms with Gasteiger partial charge in [-0.2, -0.15) is 0 Å². The molecule has 96 valence electrons. The predicted octanol–water partition coefficient (Wildman–Crippen LogP) is 1.91. The highest BCUT2D eigenvalue weighted by atomic mass is 16.5. The van der Waals surface area contributed by atoms with Crippen molar-refractivity contribution in [3.8, 4) is 5.75 Å². The van der Waals surface area contributed by atoms with E-state index >= 15 is 0 Å². The van der Waals surface area contributed by atoms with Crippen LogP contribution in [-0.4, -0.2) is 26.2 Å². The average Bonchev–Trinajstić information content (AvgIpc) is 2.28. The Kier molecular flexibility index (Phi) is 4.97. The van der Waals surface area contributed by atoms with Crippen LogP contribution in [0.3, 0.4) is 0 Å². The smallest absolute Gasteiger partial charge is 0.122 e. The zero-order valence-electron chi connectivity index (χ0n) is 11.3. The van der Waals surface area contributed by atoms with Crippen molar-refractivity contribution in [1.82, 2.24) is 5.32 Å². The average molecular weight is 236 g/mol. The Labute approximate surface area is 104 Å². The third-order valence-electron chi connectivity index (χ3n) is 2.87. The Morgan fingerprint density at radius 1 is 1.35 bits per heavy atom. The molecule has 0 aliphatic heterocycles. The molecule has 0 aromatic heterocycles. The van der Waals surface area contributed by atoms with Crippen LogP contribution in [0.2, 0.25) is 0 Å². The van der Waals surface area contributed by atoms with E-state index in [-0.39, 0.29) is 11.5 Å². The number of methoxy groups -OCH3 is 1. The summed E-state index contributed by atoms with van der Waals surface area (Å²) in [6, 6.07) is 8.34. The minimum absolute atomic E-state index is 0.0293. The van der Waals surface area contributed by atoms with Gasteiger partial charge in [0.15, 0.2) is 0 Å². The molecule has 1 aromatic carbocycles. The second-order valence-electron chi connectivity index (χ2n) is 5.19. The van der Waals surface area contributed by atoms with Gasteiger partial charge in [0.1, 0.15) is 5.75 Å². The molecule has 1 aromatic rings. The Bertz CT molecular complexity index is 348. The molecule has 0 saturated carbocycles. The van der Waals surface area contributed by atoms with E-state index in [1.807, 2.05) is 25.1 Å². The number of ether oxygens (including phenoxy) is 1. The molecule has 17 heavy (non-hydrogen) atoms. The molecule has 1 rings (SSSR count). The van der Waals surface area contributed by atoms with E-state index in [1.54, 1.807) is 7.11 Å². The van der Waals surface area contributed by atoms with Crippen LogP contribution in [0, 0.1) is 0 Å². The summed E-state index contributed by atoms with van der Waals surface area (Å²) in [5.41, 5.74) is 6.98. The Morgan fingerprint density at radius 2 is 2.00 bits per heavy atom. The fourth-order valence-electron chi connectivity index (χ4n) is 1.91. The van der Waals surface area contributed by atoms with Crippen LogP contribution in [0.5, 0.6) is 5.75 Å². The summed E-state index contributed by atoms with van der Waals surface area (Å²) in [5, 5.41) is 3.39. The zero-order valence-corrected chi connectivity index (χ0v) is 11.3. The molecule has 1 atom stereocenters. The van der Waals surface area contributed by atoms with Gasteiger partial charge in [0.05, 0.1) is 7.11 Å². The molecule has 0 spiro atoms. The maximum Gasteiger partial charge on any atom is 0.122 e. The quantitative estimate of drug-likeness (QED) is 0.793. The molecular formula is C14H24N2O. The topological polar surface area (TPSA) is 47.3 Å². The van der Waals surface area contributed by atoms with Crippen molar-refractivity contribution in [2.75, 3.05) is 20.2 Å². The zero-order chi connectivity index (χ0) is 12.9. The number of hydrogen-bond donors (Lipinski definition) is 2. The van der Waals surface area contributed by atoms with E-state index in [4.69, 9.17) is 10.5 Å². The second kappa shape index (κ2) is 6.03. The number of hydrogen-bond acceptors (Lipinski definition) is 3. The van der Waals surface area contributed by atoms with Gasteiger partial charge in [-0.3, -0.25) is 0 Å². The van der Waals surface area contributed by atoms with Crippen molar-refractivity contribution in [1.29, 1.82) is 0 Å². The van der Waals surface area contributed by atoms with Crippen LogP contribution in [0.25, 0.3) is 0 Å². The van der Waals surface area contributed by atoms with Gasteiger partial charge < -0.3 is 15.8 Å². The van der Waals surface area contributed by atoms with Crippen molar-refractivity contribution in [3.63, 3.8) is 0 Å². The van der Waals surface area contributed by atoms with Gasteiger partial charge in [-0.15, -0.1) is 0 Å². The number of nitrogens with one attached hydrogen (secondary N) is 1. The minimum Gasteiger partial charge on any atom is -0.496 e. The van der Waals surface area contributed by atoms with Crippen LogP contribution in [0.1, 0.15) is 26.3 Å². The van der Waals surface area contributed by atoms with Gasteiger partial charge in [-0.05, 0) is 13.0 Å². The van der Waals surface area contributed by atoms with Crippen molar-refractivity contribution < 1.29 is 4.74 Å². The van der Waals surface area contributed by atoms with E-state index in [0.717, 1.165) is 18.8 Å². The Morgan fingerprint density at radius 3 is 2.59 bits per heavy atom. The largest absolute Gasteiger partial charge is 0.496 e. The molecule has 0 aliphatic rings. The number of rotatable bonds is 6. The SMILES string of the molecule is COc1ccccc1C(C)(C)CNCC(C)N. The molecule has 3 nitrogen and oxygen atoms in total. The van der Waals surface area contributed by atoms with Crippen molar-refractivity contribution in [2.24, 2.45) is 5.73 Å². The summed E-state index contributed by atoms with van der Waals surface area (Å²) in [6.07, 6.45) is 0. The van der Waals surface area contributed by atoms with Crippen LogP contribution in [-0.2, 0) is 5.41 Å². The normalized spacial score (nSPS) is 13.5. The third kappa shape index (κ3) is 4.02. The van der Waals surface area contributed by atoms with Crippen molar-refractivity contribution in [3.05, 3.63) is 29.8 Å². The molecular weight excluding hydrogens is 212 g/mol. The first-order valence-electron chi connectivity index (χ1n) is 6.07. The molecule has 0 radical (unpaired) electrons. The summed E-state index contributed by atoms with van der Waals surface area (Å²) in [7, 11) is 1.71. The lowest BCUT2D eigenvalue weighted by atomic mass is 9.84. The molecule has 3 heteroatoms. The van der Waals surface area contributed by atoms with Gasteiger partial charge in [0.25, 0.3) is 0 Å². The maximum absolute atomic E-state index is 5.73. The fourth-order valence-corrected chi connectivity index (χ4v) is 1.91. The molecule has 0 bridgehead atoms. The monoisotopic (exact) mass is 236 g/mol. The minimum atomic E-state index is 0.0293. The summed E-state index contributed by atoms with van der Waals surface area (Å²) in [5.74, 6) is 0.945. The lowest BCUT2D eigenvalue weighted by Crippen LogP contribution is -2.39.